The zero-order valence-corrected chi connectivity index (χ0v) is 11.1. The van der Waals surface area contributed by atoms with E-state index >= 15 is 0 Å². The summed E-state index contributed by atoms with van der Waals surface area (Å²) in [7, 11) is 0. The molecule has 1 aromatic rings. The fourth-order valence-electron chi connectivity index (χ4n) is 1.59. The van der Waals surface area contributed by atoms with Crippen LogP contribution in [-0.2, 0) is 9.59 Å². The van der Waals surface area contributed by atoms with Crippen molar-refractivity contribution in [2.75, 3.05) is 6.54 Å². The highest BCUT2D eigenvalue weighted by atomic mass is 32.2. The standard InChI is InChI=1S/C14H11NO4S/c16-12(17)9-15-13(18)11(20-14(15)19)8-4-7-10-5-2-1-3-6-10/h1-8H,9H2,(H,16,17)/p-1/b7-4+,11-8+. The maximum Gasteiger partial charge on any atom is 0.293 e. The average molecular weight is 288 g/mol. The molecule has 2 amide bonds. The van der Waals surface area contributed by atoms with E-state index in [4.69, 9.17) is 0 Å². The Morgan fingerprint density at radius 2 is 1.95 bits per heavy atom. The number of hydrogen-bond acceptors (Lipinski definition) is 5. The Hall–Kier alpha value is -2.34. The van der Waals surface area contributed by atoms with Crippen molar-refractivity contribution in [2.45, 2.75) is 0 Å². The summed E-state index contributed by atoms with van der Waals surface area (Å²) in [5.41, 5.74) is 0.956. The number of nitrogens with zero attached hydrogens (tertiary/aromatic N) is 1. The summed E-state index contributed by atoms with van der Waals surface area (Å²) in [6.45, 7) is -0.718. The molecular formula is C14H10NO4S-. The second kappa shape index (κ2) is 6.21. The van der Waals surface area contributed by atoms with Crippen LogP contribution in [0.2, 0.25) is 0 Å². The van der Waals surface area contributed by atoms with Crippen molar-refractivity contribution in [3.63, 3.8) is 0 Å². The highest BCUT2D eigenvalue weighted by Gasteiger charge is 2.34. The molecule has 0 spiro atoms. The summed E-state index contributed by atoms with van der Waals surface area (Å²) in [6, 6.07) is 9.45. The van der Waals surface area contributed by atoms with Crippen LogP contribution in [-0.4, -0.2) is 28.6 Å². The number of imide groups is 1. The molecule has 0 radical (unpaired) electrons. The predicted molar refractivity (Wildman–Crippen MR) is 73.3 cm³/mol. The van der Waals surface area contributed by atoms with Gasteiger partial charge in [-0.15, -0.1) is 0 Å². The number of carboxylic acids is 1. The van der Waals surface area contributed by atoms with Gasteiger partial charge in [0.25, 0.3) is 11.1 Å². The fraction of sp³-hybridized carbons (Fsp3) is 0.0714. The van der Waals surface area contributed by atoms with Gasteiger partial charge < -0.3 is 9.90 Å². The molecule has 0 atom stereocenters. The van der Waals surface area contributed by atoms with Gasteiger partial charge in [-0.1, -0.05) is 42.5 Å². The van der Waals surface area contributed by atoms with Gasteiger partial charge in [-0.3, -0.25) is 14.5 Å². The molecule has 6 heteroatoms. The lowest BCUT2D eigenvalue weighted by molar-refractivity contribution is -0.305. The molecule has 1 fully saturated rings. The Labute approximate surface area is 119 Å². The number of amides is 2. The zero-order valence-electron chi connectivity index (χ0n) is 10.3. The van der Waals surface area contributed by atoms with Crippen molar-refractivity contribution in [1.82, 2.24) is 4.90 Å². The van der Waals surface area contributed by atoms with Gasteiger partial charge in [0.1, 0.15) is 0 Å². The van der Waals surface area contributed by atoms with E-state index < -0.39 is 23.7 Å². The van der Waals surface area contributed by atoms with Crippen LogP contribution in [0.15, 0.2) is 47.4 Å². The van der Waals surface area contributed by atoms with Crippen LogP contribution in [0, 0.1) is 0 Å². The fourth-order valence-corrected chi connectivity index (χ4v) is 2.38. The summed E-state index contributed by atoms with van der Waals surface area (Å²) in [4.78, 5) is 34.6. The molecule has 1 aromatic carbocycles. The van der Waals surface area contributed by atoms with E-state index in [0.717, 1.165) is 5.56 Å². The molecule has 0 aliphatic carbocycles. The Kier molecular flexibility index (Phi) is 4.37. The molecule has 1 aliphatic heterocycles. The monoisotopic (exact) mass is 288 g/mol. The highest BCUT2D eigenvalue weighted by molar-refractivity contribution is 8.18. The second-order valence-corrected chi connectivity index (χ2v) is 4.93. The lowest BCUT2D eigenvalue weighted by Crippen LogP contribution is -2.40. The van der Waals surface area contributed by atoms with E-state index in [9.17, 15) is 19.5 Å². The Bertz CT molecular complexity index is 607. The first-order chi connectivity index (χ1) is 9.58. The molecule has 20 heavy (non-hydrogen) atoms. The number of carbonyl (C=O) groups excluding carboxylic acids is 3. The number of carboxylic acid groups (broad SMARTS) is 1. The van der Waals surface area contributed by atoms with Gasteiger partial charge >= 0.3 is 0 Å². The normalized spacial score (nSPS) is 17.4. The van der Waals surface area contributed by atoms with Crippen LogP contribution < -0.4 is 5.11 Å². The Morgan fingerprint density at radius 3 is 2.60 bits per heavy atom. The zero-order chi connectivity index (χ0) is 14.5. The van der Waals surface area contributed by atoms with Crippen molar-refractivity contribution >= 4 is 35.0 Å². The van der Waals surface area contributed by atoms with E-state index in [0.29, 0.717) is 16.7 Å². The van der Waals surface area contributed by atoms with Gasteiger partial charge in [0.2, 0.25) is 0 Å². The summed E-state index contributed by atoms with van der Waals surface area (Å²) in [5, 5.41) is 9.85. The van der Waals surface area contributed by atoms with Crippen molar-refractivity contribution in [2.24, 2.45) is 0 Å². The molecule has 2 rings (SSSR count). The lowest BCUT2D eigenvalue weighted by Gasteiger charge is -2.11. The molecule has 0 N–H and O–H groups in total. The minimum absolute atomic E-state index is 0.198. The maximum absolute atomic E-state index is 11.8. The van der Waals surface area contributed by atoms with Crippen LogP contribution >= 0.6 is 11.8 Å². The van der Waals surface area contributed by atoms with E-state index in [1.165, 1.54) is 6.08 Å². The Morgan fingerprint density at radius 1 is 1.25 bits per heavy atom. The number of carbonyl (C=O) groups is 3. The molecule has 5 nitrogen and oxygen atoms in total. The van der Waals surface area contributed by atoms with E-state index in [1.54, 1.807) is 12.2 Å². The summed E-state index contributed by atoms with van der Waals surface area (Å²) >= 11 is 0.715. The van der Waals surface area contributed by atoms with Crippen molar-refractivity contribution in [1.29, 1.82) is 0 Å². The van der Waals surface area contributed by atoms with Crippen molar-refractivity contribution in [3.05, 3.63) is 53.0 Å². The van der Waals surface area contributed by atoms with Crippen LogP contribution in [0.1, 0.15) is 5.56 Å². The molecule has 0 bridgehead atoms. The van der Waals surface area contributed by atoms with E-state index in [1.807, 2.05) is 30.3 Å². The van der Waals surface area contributed by atoms with Crippen LogP contribution in [0.4, 0.5) is 4.79 Å². The minimum atomic E-state index is -1.46. The topological polar surface area (TPSA) is 77.5 Å². The largest absolute Gasteiger partial charge is 0.548 e. The predicted octanol–water partition coefficient (Wildman–Crippen LogP) is 1.03. The molecule has 1 saturated heterocycles. The van der Waals surface area contributed by atoms with Gasteiger partial charge in [0.15, 0.2) is 0 Å². The van der Waals surface area contributed by atoms with Gasteiger partial charge in [0.05, 0.1) is 17.4 Å². The minimum Gasteiger partial charge on any atom is -0.548 e. The number of benzene rings is 1. The molecule has 1 heterocycles. The highest BCUT2D eigenvalue weighted by Crippen LogP contribution is 2.30. The van der Waals surface area contributed by atoms with E-state index in [2.05, 4.69) is 0 Å². The molecule has 102 valence electrons. The number of aliphatic carboxylic acids is 1. The first-order valence-corrected chi connectivity index (χ1v) is 6.56. The molecule has 0 saturated carbocycles. The van der Waals surface area contributed by atoms with Gasteiger partial charge in [0, 0.05) is 0 Å². The second-order valence-electron chi connectivity index (χ2n) is 3.93. The molecule has 1 aliphatic rings. The molecule has 0 aromatic heterocycles. The van der Waals surface area contributed by atoms with Gasteiger partial charge in [-0.25, -0.2) is 0 Å². The van der Waals surface area contributed by atoms with E-state index in [-0.39, 0.29) is 4.91 Å². The summed E-state index contributed by atoms with van der Waals surface area (Å²) < 4.78 is 0. The average Bonchev–Trinajstić information content (AvgIpc) is 2.67. The van der Waals surface area contributed by atoms with Crippen molar-refractivity contribution in [3.8, 4) is 0 Å². The van der Waals surface area contributed by atoms with Crippen LogP contribution in [0.25, 0.3) is 6.08 Å². The Balaban J connectivity index is 2.08. The quantitative estimate of drug-likeness (QED) is 0.773. The maximum atomic E-state index is 11.8. The van der Waals surface area contributed by atoms with Gasteiger partial charge in [-0.2, -0.15) is 0 Å². The lowest BCUT2D eigenvalue weighted by atomic mass is 10.2. The van der Waals surface area contributed by atoms with Crippen LogP contribution in [0.3, 0.4) is 0 Å². The SMILES string of the molecule is O=C([O-])CN1C(=O)S/C(=C/C=C/c2ccccc2)C1=O. The van der Waals surface area contributed by atoms with Crippen LogP contribution in [0.5, 0.6) is 0 Å². The third-order valence-corrected chi connectivity index (χ3v) is 3.42. The van der Waals surface area contributed by atoms with Crippen molar-refractivity contribution < 1.29 is 19.5 Å². The number of thioether (sulfide) groups is 1. The number of rotatable bonds is 4. The molecule has 0 unspecified atom stereocenters. The number of hydrogen-bond donors (Lipinski definition) is 0. The first kappa shape index (κ1) is 14.1. The summed E-state index contributed by atoms with van der Waals surface area (Å²) in [5.74, 6) is -2.07. The third kappa shape index (κ3) is 3.36. The first-order valence-electron chi connectivity index (χ1n) is 5.75. The smallest absolute Gasteiger partial charge is 0.293 e. The summed E-state index contributed by atoms with van der Waals surface area (Å²) in [6.07, 6.45) is 4.92. The molecular weight excluding hydrogens is 278 g/mol. The number of allylic oxidation sites excluding steroid dienone is 2. The van der Waals surface area contributed by atoms with Gasteiger partial charge in [-0.05, 0) is 23.4 Å². The third-order valence-electron chi connectivity index (χ3n) is 2.50.